The second-order valence-corrected chi connectivity index (χ2v) is 3.48. The molecule has 0 spiro atoms. The highest BCUT2D eigenvalue weighted by atomic mass is 19.1. The first-order valence-corrected chi connectivity index (χ1v) is 4.99. The van der Waals surface area contributed by atoms with E-state index in [0.29, 0.717) is 5.56 Å². The molecule has 0 aliphatic carbocycles. The molecule has 1 heterocycles. The molecule has 6 heteroatoms. The van der Waals surface area contributed by atoms with E-state index < -0.39 is 11.6 Å². The Labute approximate surface area is 102 Å². The molecule has 0 radical (unpaired) electrons. The van der Waals surface area contributed by atoms with Gasteiger partial charge in [-0.25, -0.2) is 13.8 Å². The Morgan fingerprint density at radius 3 is 2.61 bits per heavy atom. The number of hydrogen-bond donors (Lipinski definition) is 2. The molecule has 4 nitrogen and oxygen atoms in total. The zero-order valence-electron chi connectivity index (χ0n) is 9.15. The van der Waals surface area contributed by atoms with Crippen molar-refractivity contribution in [2.75, 3.05) is 0 Å². The Morgan fingerprint density at radius 2 is 2.00 bits per heavy atom. The SMILES string of the molecule is N=C(N)c1ccc(Oc2cc(F)ccc2F)nc1. The average Bonchev–Trinajstić information content (AvgIpc) is 2.34. The summed E-state index contributed by atoms with van der Waals surface area (Å²) in [6, 6.07) is 5.81. The van der Waals surface area contributed by atoms with Gasteiger partial charge in [-0.15, -0.1) is 0 Å². The predicted molar refractivity (Wildman–Crippen MR) is 61.7 cm³/mol. The molecular weight excluding hydrogens is 240 g/mol. The first kappa shape index (κ1) is 12.0. The maximum atomic E-state index is 13.3. The standard InChI is InChI=1S/C12H9F2N3O/c13-8-2-3-9(14)10(5-8)18-11-4-1-7(6-17-11)12(15)16/h1-6H,(H3,15,16). The fourth-order valence-electron chi connectivity index (χ4n) is 1.27. The molecule has 2 aromatic rings. The van der Waals surface area contributed by atoms with Crippen molar-refractivity contribution in [1.82, 2.24) is 4.98 Å². The van der Waals surface area contributed by atoms with Crippen molar-refractivity contribution in [3.8, 4) is 11.6 Å². The second-order valence-electron chi connectivity index (χ2n) is 3.48. The van der Waals surface area contributed by atoms with Crippen LogP contribution in [-0.2, 0) is 0 Å². The van der Waals surface area contributed by atoms with E-state index in [0.717, 1.165) is 18.2 Å². The van der Waals surface area contributed by atoms with Gasteiger partial charge in [0.25, 0.3) is 0 Å². The lowest BCUT2D eigenvalue weighted by molar-refractivity contribution is 0.422. The third-order valence-corrected chi connectivity index (χ3v) is 2.16. The molecule has 0 saturated carbocycles. The molecule has 92 valence electrons. The Bertz CT molecular complexity index is 584. The molecule has 18 heavy (non-hydrogen) atoms. The first-order chi connectivity index (χ1) is 8.56. The van der Waals surface area contributed by atoms with Gasteiger partial charge >= 0.3 is 0 Å². The van der Waals surface area contributed by atoms with Crippen LogP contribution in [0.1, 0.15) is 5.56 Å². The molecule has 0 atom stereocenters. The molecule has 0 aliphatic rings. The topological polar surface area (TPSA) is 72.0 Å². The Balaban J connectivity index is 2.23. The molecule has 0 aliphatic heterocycles. The third-order valence-electron chi connectivity index (χ3n) is 2.16. The number of ether oxygens (including phenoxy) is 1. The van der Waals surface area contributed by atoms with Crippen molar-refractivity contribution >= 4 is 5.84 Å². The van der Waals surface area contributed by atoms with Crippen LogP contribution in [-0.4, -0.2) is 10.8 Å². The molecule has 0 unspecified atom stereocenters. The Morgan fingerprint density at radius 1 is 1.22 bits per heavy atom. The summed E-state index contributed by atoms with van der Waals surface area (Å²) in [6.07, 6.45) is 1.31. The molecule has 3 N–H and O–H groups in total. The highest BCUT2D eigenvalue weighted by molar-refractivity contribution is 5.94. The monoisotopic (exact) mass is 249 g/mol. The lowest BCUT2D eigenvalue weighted by Gasteiger charge is -2.06. The number of amidine groups is 1. The number of nitrogens with one attached hydrogen (secondary N) is 1. The minimum atomic E-state index is -0.686. The minimum absolute atomic E-state index is 0.0875. The molecular formula is C12H9F2N3O. The molecule has 0 fully saturated rings. The van der Waals surface area contributed by atoms with Gasteiger partial charge in [0.1, 0.15) is 11.7 Å². The number of benzene rings is 1. The number of aromatic nitrogens is 1. The number of pyridine rings is 1. The van der Waals surface area contributed by atoms with Gasteiger partial charge < -0.3 is 10.5 Å². The summed E-state index contributed by atoms with van der Waals surface area (Å²) in [5, 5.41) is 7.18. The van der Waals surface area contributed by atoms with Crippen molar-refractivity contribution in [2.24, 2.45) is 5.73 Å². The molecule has 0 amide bonds. The van der Waals surface area contributed by atoms with Crippen molar-refractivity contribution in [3.63, 3.8) is 0 Å². The average molecular weight is 249 g/mol. The van der Waals surface area contributed by atoms with Crippen LogP contribution in [0.5, 0.6) is 11.6 Å². The van der Waals surface area contributed by atoms with E-state index >= 15 is 0 Å². The van der Waals surface area contributed by atoms with E-state index in [1.807, 2.05) is 0 Å². The zero-order valence-corrected chi connectivity index (χ0v) is 9.15. The fourth-order valence-corrected chi connectivity index (χ4v) is 1.27. The van der Waals surface area contributed by atoms with Crippen LogP contribution in [0.25, 0.3) is 0 Å². The van der Waals surface area contributed by atoms with Gasteiger partial charge in [-0.1, -0.05) is 0 Å². The van der Waals surface area contributed by atoms with Crippen LogP contribution in [0.3, 0.4) is 0 Å². The van der Waals surface area contributed by atoms with Crippen LogP contribution in [0.4, 0.5) is 8.78 Å². The number of nitrogens with two attached hydrogens (primary N) is 1. The van der Waals surface area contributed by atoms with Crippen molar-refractivity contribution in [2.45, 2.75) is 0 Å². The molecule has 1 aromatic heterocycles. The van der Waals surface area contributed by atoms with Crippen LogP contribution < -0.4 is 10.5 Å². The summed E-state index contributed by atoms with van der Waals surface area (Å²) < 4.78 is 31.3. The fraction of sp³-hybridized carbons (Fsp3) is 0. The normalized spacial score (nSPS) is 10.1. The molecule has 0 saturated heterocycles. The highest BCUT2D eigenvalue weighted by Gasteiger charge is 2.07. The molecule has 0 bridgehead atoms. The van der Waals surface area contributed by atoms with E-state index in [9.17, 15) is 8.78 Å². The van der Waals surface area contributed by atoms with E-state index in [4.69, 9.17) is 15.9 Å². The summed E-state index contributed by atoms with van der Waals surface area (Å²) in [5.41, 5.74) is 5.67. The maximum absolute atomic E-state index is 13.3. The van der Waals surface area contributed by atoms with Gasteiger partial charge in [-0.2, -0.15) is 0 Å². The summed E-state index contributed by atoms with van der Waals surface area (Å²) in [7, 11) is 0. The van der Waals surface area contributed by atoms with Crippen LogP contribution in [0, 0.1) is 17.0 Å². The van der Waals surface area contributed by atoms with Crippen LogP contribution in [0.15, 0.2) is 36.5 Å². The summed E-state index contributed by atoms with van der Waals surface area (Å²) >= 11 is 0. The summed E-state index contributed by atoms with van der Waals surface area (Å²) in [5.74, 6) is -1.59. The van der Waals surface area contributed by atoms with E-state index in [1.54, 1.807) is 0 Å². The van der Waals surface area contributed by atoms with E-state index in [1.165, 1.54) is 18.3 Å². The second kappa shape index (κ2) is 4.79. The van der Waals surface area contributed by atoms with E-state index in [-0.39, 0.29) is 17.5 Å². The van der Waals surface area contributed by atoms with E-state index in [2.05, 4.69) is 4.98 Å². The van der Waals surface area contributed by atoms with Gasteiger partial charge in [-0.05, 0) is 18.2 Å². The Hall–Kier alpha value is -2.50. The van der Waals surface area contributed by atoms with Crippen molar-refractivity contribution in [1.29, 1.82) is 5.41 Å². The first-order valence-electron chi connectivity index (χ1n) is 4.99. The van der Waals surface area contributed by atoms with Gasteiger partial charge in [0.05, 0.1) is 0 Å². The number of nitrogens with zero attached hydrogens (tertiary/aromatic N) is 1. The third kappa shape index (κ3) is 2.60. The Kier molecular flexibility index (Phi) is 3.18. The lowest BCUT2D eigenvalue weighted by atomic mass is 10.3. The van der Waals surface area contributed by atoms with Gasteiger partial charge in [0.2, 0.25) is 5.88 Å². The highest BCUT2D eigenvalue weighted by Crippen LogP contribution is 2.23. The number of halogens is 2. The van der Waals surface area contributed by atoms with Gasteiger partial charge in [-0.3, -0.25) is 5.41 Å². The molecule has 2 rings (SSSR count). The smallest absolute Gasteiger partial charge is 0.219 e. The quantitative estimate of drug-likeness (QED) is 0.648. The van der Waals surface area contributed by atoms with Gasteiger partial charge in [0, 0.05) is 23.9 Å². The lowest BCUT2D eigenvalue weighted by Crippen LogP contribution is -2.11. The van der Waals surface area contributed by atoms with Crippen LogP contribution in [0.2, 0.25) is 0 Å². The summed E-state index contributed by atoms with van der Waals surface area (Å²) in [6.45, 7) is 0. The predicted octanol–water partition coefficient (Wildman–Crippen LogP) is 2.44. The van der Waals surface area contributed by atoms with Crippen molar-refractivity contribution < 1.29 is 13.5 Å². The summed E-state index contributed by atoms with van der Waals surface area (Å²) in [4.78, 5) is 3.83. The molecule has 1 aromatic carbocycles. The largest absolute Gasteiger partial charge is 0.436 e. The number of hydrogen-bond acceptors (Lipinski definition) is 3. The minimum Gasteiger partial charge on any atom is -0.436 e. The van der Waals surface area contributed by atoms with Crippen LogP contribution >= 0.6 is 0 Å². The number of nitrogen functional groups attached to an aromatic ring is 1. The number of rotatable bonds is 3. The maximum Gasteiger partial charge on any atom is 0.219 e. The zero-order chi connectivity index (χ0) is 13.1. The van der Waals surface area contributed by atoms with Gasteiger partial charge in [0.15, 0.2) is 11.6 Å². The van der Waals surface area contributed by atoms with Crippen molar-refractivity contribution in [3.05, 3.63) is 53.7 Å².